The van der Waals surface area contributed by atoms with E-state index in [1.54, 1.807) is 22.3 Å². The van der Waals surface area contributed by atoms with Crippen molar-refractivity contribution in [2.75, 3.05) is 0 Å². The molecule has 2 aliphatic rings. The van der Waals surface area contributed by atoms with Crippen LogP contribution in [-0.2, 0) is 37.5 Å². The molecule has 1 aromatic carbocycles. The number of benzene rings is 1. The maximum atomic E-state index is 2.60. The third-order valence-electron chi connectivity index (χ3n) is 5.11. The van der Waals surface area contributed by atoms with Crippen molar-refractivity contribution in [1.82, 2.24) is 0 Å². The number of hydrogen-bond acceptors (Lipinski definition) is 0. The summed E-state index contributed by atoms with van der Waals surface area (Å²) in [5.74, 6) is 0. The Bertz CT molecular complexity index is 513. The van der Waals surface area contributed by atoms with Crippen molar-refractivity contribution in [1.29, 1.82) is 0 Å². The molecule has 0 radical (unpaired) electrons. The van der Waals surface area contributed by atoms with Crippen LogP contribution >= 0.6 is 0 Å². The molecule has 0 spiro atoms. The standard InChI is InChI=1S/C16H19.2CH3.Hf/c1-2-3-5-12-8-9-15-10-13-6-4-7-14(13)11-16(12)15;;;/h8-11H,2-7H2,1H3;2*1H3;. The molecule has 0 heterocycles. The Hall–Kier alpha value is -0.170. The molecule has 0 nitrogen and oxygen atoms in total. The van der Waals surface area contributed by atoms with Crippen LogP contribution in [0.5, 0.6) is 0 Å². The van der Waals surface area contributed by atoms with Crippen LogP contribution in [-0.4, -0.2) is 0 Å². The van der Waals surface area contributed by atoms with Gasteiger partial charge in [0.1, 0.15) is 0 Å². The van der Waals surface area contributed by atoms with E-state index in [1.807, 2.05) is 0 Å². The molecule has 3 rings (SSSR count). The summed E-state index contributed by atoms with van der Waals surface area (Å²) in [5, 5.41) is 0. The zero-order chi connectivity index (χ0) is 13.5. The van der Waals surface area contributed by atoms with Gasteiger partial charge in [0.15, 0.2) is 0 Å². The third kappa shape index (κ3) is 2.22. The topological polar surface area (TPSA) is 0 Å². The molecule has 1 heteroatoms. The first-order chi connectivity index (χ1) is 9.17. The zero-order valence-corrected chi connectivity index (χ0v) is 16.1. The second kappa shape index (κ2) is 5.31. The van der Waals surface area contributed by atoms with Gasteiger partial charge in [-0.15, -0.1) is 0 Å². The molecule has 19 heavy (non-hydrogen) atoms. The zero-order valence-electron chi connectivity index (χ0n) is 12.6. The maximum absolute atomic E-state index is 2.60. The monoisotopic (exact) mass is 421 g/mol. The van der Waals surface area contributed by atoms with Gasteiger partial charge in [-0.1, -0.05) is 0 Å². The van der Waals surface area contributed by atoms with Gasteiger partial charge in [-0.25, -0.2) is 0 Å². The first-order valence-electron chi connectivity index (χ1n) is 7.83. The number of fused-ring (bicyclic) bond motifs is 2. The first-order valence-corrected chi connectivity index (χ1v) is 16.8. The molecule has 0 N–H and O–H groups in total. The van der Waals surface area contributed by atoms with E-state index in [9.17, 15) is 0 Å². The Balaban J connectivity index is 2.05. The fourth-order valence-electron chi connectivity index (χ4n) is 3.85. The Morgan fingerprint density at radius 2 is 1.89 bits per heavy atom. The summed E-state index contributed by atoms with van der Waals surface area (Å²) in [4.78, 5) is 0. The van der Waals surface area contributed by atoms with Gasteiger partial charge in [-0.2, -0.15) is 0 Å². The van der Waals surface area contributed by atoms with E-state index in [2.05, 4.69) is 40.6 Å². The molecule has 101 valence electrons. The third-order valence-corrected chi connectivity index (χ3v) is 14.0. The number of hydrogen-bond donors (Lipinski definition) is 0. The van der Waals surface area contributed by atoms with E-state index in [-0.39, 0.29) is 0 Å². The SMILES string of the molecule is CCCC[C]1([Hf]([CH3])[CH3])C=Cc2cc3c(cc21)CCC3. The molecular weight excluding hydrogens is 395 g/mol. The molecule has 1 unspecified atom stereocenters. The van der Waals surface area contributed by atoms with Gasteiger partial charge in [-0.3, -0.25) is 0 Å². The van der Waals surface area contributed by atoms with Crippen LogP contribution in [0.15, 0.2) is 18.2 Å². The van der Waals surface area contributed by atoms with E-state index in [0.29, 0.717) is 3.17 Å². The summed E-state index contributed by atoms with van der Waals surface area (Å²) >= 11 is -1.50. The molecule has 1 atom stereocenters. The van der Waals surface area contributed by atoms with E-state index < -0.39 is 21.4 Å². The summed E-state index contributed by atoms with van der Waals surface area (Å²) < 4.78 is 5.73. The average Bonchev–Trinajstić information content (AvgIpc) is 2.98. The van der Waals surface area contributed by atoms with E-state index in [1.165, 1.54) is 38.5 Å². The second-order valence-electron chi connectivity index (χ2n) is 6.47. The molecule has 0 aliphatic heterocycles. The number of aryl methyl sites for hydroxylation is 2. The van der Waals surface area contributed by atoms with Gasteiger partial charge in [0.05, 0.1) is 0 Å². The van der Waals surface area contributed by atoms with Crippen molar-refractivity contribution >= 4 is 6.08 Å². The number of allylic oxidation sites excluding steroid dienone is 1. The number of unbranched alkanes of at least 4 members (excludes halogenated alkanes) is 1. The van der Waals surface area contributed by atoms with E-state index in [4.69, 9.17) is 0 Å². The van der Waals surface area contributed by atoms with Crippen LogP contribution in [0.1, 0.15) is 54.9 Å². The molecular formula is C18H25Hf. The Labute approximate surface area is 125 Å². The van der Waals surface area contributed by atoms with Crippen molar-refractivity contribution in [3.8, 4) is 0 Å². The quantitative estimate of drug-likeness (QED) is 0.581. The number of rotatable bonds is 4. The minimum atomic E-state index is -1.50. The predicted molar refractivity (Wildman–Crippen MR) is 80.4 cm³/mol. The van der Waals surface area contributed by atoms with Gasteiger partial charge in [0.25, 0.3) is 0 Å². The van der Waals surface area contributed by atoms with Crippen molar-refractivity contribution < 1.29 is 21.4 Å². The predicted octanol–water partition coefficient (Wildman–Crippen LogP) is 5.30. The van der Waals surface area contributed by atoms with Crippen molar-refractivity contribution in [3.63, 3.8) is 0 Å². The Kier molecular flexibility index (Phi) is 3.86. The summed E-state index contributed by atoms with van der Waals surface area (Å²) in [5.41, 5.74) is 6.57. The summed E-state index contributed by atoms with van der Waals surface area (Å²) in [7, 11) is 0. The normalized spacial score (nSPS) is 23.5. The molecule has 0 fully saturated rings. The summed E-state index contributed by atoms with van der Waals surface area (Å²) in [6, 6.07) is 5.11. The van der Waals surface area contributed by atoms with Gasteiger partial charge in [-0.05, 0) is 0 Å². The summed E-state index contributed by atoms with van der Waals surface area (Å²) in [6.07, 6.45) is 13.2. The van der Waals surface area contributed by atoms with Gasteiger partial charge in [0.2, 0.25) is 0 Å². The molecule has 0 bridgehead atoms. The van der Waals surface area contributed by atoms with E-state index in [0.717, 1.165) is 0 Å². The van der Waals surface area contributed by atoms with Crippen LogP contribution in [0.3, 0.4) is 0 Å². The van der Waals surface area contributed by atoms with Crippen LogP contribution in [0.25, 0.3) is 6.08 Å². The van der Waals surface area contributed by atoms with Crippen LogP contribution < -0.4 is 0 Å². The molecule has 2 aliphatic carbocycles. The van der Waals surface area contributed by atoms with Gasteiger partial charge < -0.3 is 0 Å². The average molecular weight is 420 g/mol. The van der Waals surface area contributed by atoms with Crippen molar-refractivity contribution in [2.45, 2.75) is 58.0 Å². The van der Waals surface area contributed by atoms with Crippen molar-refractivity contribution in [2.24, 2.45) is 0 Å². The van der Waals surface area contributed by atoms with Gasteiger partial charge in [0, 0.05) is 0 Å². The summed E-state index contributed by atoms with van der Waals surface area (Å²) in [6.45, 7) is 2.33. The van der Waals surface area contributed by atoms with Crippen molar-refractivity contribution in [3.05, 3.63) is 40.5 Å². The van der Waals surface area contributed by atoms with E-state index >= 15 is 0 Å². The van der Waals surface area contributed by atoms with Crippen LogP contribution in [0.2, 0.25) is 9.36 Å². The fourth-order valence-corrected chi connectivity index (χ4v) is 10.5. The Morgan fingerprint density at radius 1 is 1.16 bits per heavy atom. The molecule has 0 amide bonds. The Morgan fingerprint density at radius 3 is 2.58 bits per heavy atom. The molecule has 1 aromatic rings. The second-order valence-corrected chi connectivity index (χ2v) is 16.9. The molecule has 0 aromatic heterocycles. The minimum absolute atomic E-state index is 0.521. The first kappa shape index (κ1) is 13.8. The van der Waals surface area contributed by atoms with Gasteiger partial charge >= 0.3 is 126 Å². The fraction of sp³-hybridized carbons (Fsp3) is 0.556. The van der Waals surface area contributed by atoms with Crippen LogP contribution in [0.4, 0.5) is 0 Å². The molecule has 0 saturated carbocycles. The van der Waals surface area contributed by atoms with Crippen LogP contribution in [0, 0.1) is 0 Å². The molecule has 0 saturated heterocycles.